The van der Waals surface area contributed by atoms with Crippen LogP contribution in [0.25, 0.3) is 0 Å². The minimum atomic E-state index is 0.0394. The number of hydrogen-bond acceptors (Lipinski definition) is 2. The van der Waals surface area contributed by atoms with E-state index in [-0.39, 0.29) is 5.38 Å². The van der Waals surface area contributed by atoms with E-state index in [0.29, 0.717) is 5.92 Å². The molecule has 1 aliphatic carbocycles. The van der Waals surface area contributed by atoms with Gasteiger partial charge in [0.1, 0.15) is 5.76 Å². The fraction of sp³-hybridized carbons (Fsp3) is 0.417. The number of furan rings is 1. The Morgan fingerprint density at radius 2 is 2.44 bits per heavy atom. The number of aromatic amines is 1. The van der Waals surface area contributed by atoms with E-state index in [4.69, 9.17) is 16.0 Å². The Morgan fingerprint density at radius 3 is 3.19 bits per heavy atom. The minimum absolute atomic E-state index is 0.0394. The molecule has 0 spiro atoms. The molecule has 84 valence electrons. The van der Waals surface area contributed by atoms with Crippen molar-refractivity contribution in [1.29, 1.82) is 0 Å². The van der Waals surface area contributed by atoms with E-state index in [1.165, 1.54) is 5.56 Å². The van der Waals surface area contributed by atoms with Gasteiger partial charge in [0, 0.05) is 23.6 Å². The zero-order valence-electron chi connectivity index (χ0n) is 9.03. The van der Waals surface area contributed by atoms with Crippen molar-refractivity contribution in [3.8, 4) is 0 Å². The largest absolute Gasteiger partial charge is 0.469 e. The Bertz CT molecular complexity index is 489. The molecular formula is C12H13ClN2O. The summed E-state index contributed by atoms with van der Waals surface area (Å²) in [5, 5.41) is 7.37. The first-order valence-corrected chi connectivity index (χ1v) is 5.90. The van der Waals surface area contributed by atoms with Gasteiger partial charge in [-0.25, -0.2) is 0 Å². The number of aromatic nitrogens is 2. The second kappa shape index (κ2) is 3.67. The van der Waals surface area contributed by atoms with Crippen LogP contribution in [0.1, 0.15) is 40.4 Å². The lowest BCUT2D eigenvalue weighted by Gasteiger charge is -2.23. The van der Waals surface area contributed by atoms with Gasteiger partial charge in [-0.15, -0.1) is 11.6 Å². The van der Waals surface area contributed by atoms with Crippen molar-refractivity contribution in [2.24, 2.45) is 0 Å². The molecule has 3 nitrogen and oxygen atoms in total. The SMILES string of the molecule is Cc1[nH]nc2c1C(Cl)CC(c1ccco1)C2. The van der Waals surface area contributed by atoms with E-state index in [0.717, 1.165) is 30.0 Å². The maximum Gasteiger partial charge on any atom is 0.107 e. The molecule has 2 atom stereocenters. The van der Waals surface area contributed by atoms with Gasteiger partial charge in [-0.3, -0.25) is 5.10 Å². The van der Waals surface area contributed by atoms with Crippen molar-refractivity contribution in [3.05, 3.63) is 41.1 Å². The van der Waals surface area contributed by atoms with Crippen molar-refractivity contribution < 1.29 is 4.42 Å². The number of aryl methyl sites for hydroxylation is 1. The van der Waals surface area contributed by atoms with Crippen molar-refractivity contribution in [3.63, 3.8) is 0 Å². The zero-order chi connectivity index (χ0) is 11.1. The van der Waals surface area contributed by atoms with E-state index in [1.54, 1.807) is 6.26 Å². The van der Waals surface area contributed by atoms with Crippen LogP contribution in [0.5, 0.6) is 0 Å². The van der Waals surface area contributed by atoms with Crippen molar-refractivity contribution >= 4 is 11.6 Å². The maximum absolute atomic E-state index is 6.40. The third-order valence-electron chi connectivity index (χ3n) is 3.26. The molecule has 3 rings (SSSR count). The summed E-state index contributed by atoms with van der Waals surface area (Å²) in [7, 11) is 0. The number of alkyl halides is 1. The van der Waals surface area contributed by atoms with Crippen molar-refractivity contribution in [1.82, 2.24) is 10.2 Å². The lowest BCUT2D eigenvalue weighted by molar-refractivity contribution is 0.428. The van der Waals surface area contributed by atoms with Crippen molar-refractivity contribution in [2.75, 3.05) is 0 Å². The molecule has 16 heavy (non-hydrogen) atoms. The van der Waals surface area contributed by atoms with Gasteiger partial charge in [-0.1, -0.05) is 0 Å². The molecule has 2 aromatic heterocycles. The van der Waals surface area contributed by atoms with Crippen LogP contribution >= 0.6 is 11.6 Å². The summed E-state index contributed by atoms with van der Waals surface area (Å²) in [5.41, 5.74) is 3.36. The summed E-state index contributed by atoms with van der Waals surface area (Å²) in [6.07, 6.45) is 3.54. The number of H-pyrrole nitrogens is 1. The third-order valence-corrected chi connectivity index (χ3v) is 3.66. The van der Waals surface area contributed by atoms with Gasteiger partial charge < -0.3 is 4.42 Å². The Kier molecular flexibility index (Phi) is 2.28. The Hall–Kier alpha value is -1.22. The minimum Gasteiger partial charge on any atom is -0.469 e. The molecule has 4 heteroatoms. The smallest absolute Gasteiger partial charge is 0.107 e. The van der Waals surface area contributed by atoms with Gasteiger partial charge in [0.25, 0.3) is 0 Å². The predicted octanol–water partition coefficient (Wildman–Crippen LogP) is 3.32. The summed E-state index contributed by atoms with van der Waals surface area (Å²) in [5.74, 6) is 1.37. The van der Waals surface area contributed by atoms with E-state index in [2.05, 4.69) is 10.2 Å². The van der Waals surface area contributed by atoms with Crippen LogP contribution in [0.4, 0.5) is 0 Å². The first kappa shape index (κ1) is 9.97. The van der Waals surface area contributed by atoms with Crippen LogP contribution in [-0.4, -0.2) is 10.2 Å². The molecule has 1 N–H and O–H groups in total. The standard InChI is InChI=1S/C12H13ClN2O/c1-7-12-9(13)5-8(6-10(12)15-14-7)11-3-2-4-16-11/h2-4,8-9H,5-6H2,1H3,(H,14,15). The molecule has 0 bridgehead atoms. The van der Waals surface area contributed by atoms with Crippen molar-refractivity contribution in [2.45, 2.75) is 31.1 Å². The number of rotatable bonds is 1. The Labute approximate surface area is 98.8 Å². The van der Waals surface area contributed by atoms with Gasteiger partial charge in [-0.05, 0) is 25.5 Å². The van der Waals surface area contributed by atoms with Crippen LogP contribution < -0.4 is 0 Å². The number of nitrogens with one attached hydrogen (secondary N) is 1. The Balaban J connectivity index is 1.95. The molecule has 0 fully saturated rings. The summed E-state index contributed by atoms with van der Waals surface area (Å²) in [6.45, 7) is 2.02. The van der Waals surface area contributed by atoms with Gasteiger partial charge in [0.15, 0.2) is 0 Å². The highest BCUT2D eigenvalue weighted by Gasteiger charge is 2.31. The normalized spacial score (nSPS) is 24.4. The molecule has 1 aliphatic rings. The topological polar surface area (TPSA) is 41.8 Å². The lowest BCUT2D eigenvalue weighted by Crippen LogP contribution is -2.14. The van der Waals surface area contributed by atoms with Gasteiger partial charge in [-0.2, -0.15) is 5.10 Å². The molecule has 0 amide bonds. The monoisotopic (exact) mass is 236 g/mol. The van der Waals surface area contributed by atoms with Gasteiger partial charge >= 0.3 is 0 Å². The van der Waals surface area contributed by atoms with Gasteiger partial charge in [0.05, 0.1) is 17.3 Å². The lowest BCUT2D eigenvalue weighted by atomic mass is 9.85. The second-order valence-electron chi connectivity index (χ2n) is 4.33. The molecule has 0 saturated carbocycles. The zero-order valence-corrected chi connectivity index (χ0v) is 9.79. The summed E-state index contributed by atoms with van der Waals surface area (Å²) in [4.78, 5) is 0. The van der Waals surface area contributed by atoms with E-state index >= 15 is 0 Å². The first-order chi connectivity index (χ1) is 7.75. The highest BCUT2D eigenvalue weighted by Crippen LogP contribution is 2.42. The Morgan fingerprint density at radius 1 is 1.56 bits per heavy atom. The van der Waals surface area contributed by atoms with Crippen LogP contribution in [0.15, 0.2) is 22.8 Å². The summed E-state index contributed by atoms with van der Waals surface area (Å²) >= 11 is 6.40. The fourth-order valence-corrected chi connectivity index (χ4v) is 2.99. The molecule has 2 unspecified atom stereocenters. The highest BCUT2D eigenvalue weighted by atomic mass is 35.5. The molecule has 2 aromatic rings. The van der Waals surface area contributed by atoms with Crippen LogP contribution in [0.3, 0.4) is 0 Å². The average molecular weight is 237 g/mol. The molecular weight excluding hydrogens is 224 g/mol. The highest BCUT2D eigenvalue weighted by molar-refractivity contribution is 6.21. The number of fused-ring (bicyclic) bond motifs is 1. The quantitative estimate of drug-likeness (QED) is 0.772. The summed E-state index contributed by atoms with van der Waals surface area (Å²) in [6, 6.07) is 3.93. The second-order valence-corrected chi connectivity index (χ2v) is 4.86. The number of hydrogen-bond donors (Lipinski definition) is 1. The maximum atomic E-state index is 6.40. The predicted molar refractivity (Wildman–Crippen MR) is 61.7 cm³/mol. The van der Waals surface area contributed by atoms with E-state index in [9.17, 15) is 0 Å². The molecule has 0 aromatic carbocycles. The molecule has 0 aliphatic heterocycles. The number of nitrogens with zero attached hydrogens (tertiary/aromatic N) is 1. The summed E-state index contributed by atoms with van der Waals surface area (Å²) < 4.78 is 5.45. The third kappa shape index (κ3) is 1.47. The molecule has 0 saturated heterocycles. The fourth-order valence-electron chi connectivity index (χ4n) is 2.48. The first-order valence-electron chi connectivity index (χ1n) is 5.47. The van der Waals surface area contributed by atoms with Crippen LogP contribution in [0.2, 0.25) is 0 Å². The van der Waals surface area contributed by atoms with Crippen LogP contribution in [0, 0.1) is 6.92 Å². The molecule has 2 heterocycles. The van der Waals surface area contributed by atoms with E-state index in [1.807, 2.05) is 19.1 Å². The average Bonchev–Trinajstić information content (AvgIpc) is 2.87. The van der Waals surface area contributed by atoms with Gasteiger partial charge in [0.2, 0.25) is 0 Å². The molecule has 0 radical (unpaired) electrons. The van der Waals surface area contributed by atoms with Crippen LogP contribution in [-0.2, 0) is 6.42 Å². The number of halogens is 1. The van der Waals surface area contributed by atoms with E-state index < -0.39 is 0 Å².